The normalized spacial score (nSPS) is 16.3. The van der Waals surface area contributed by atoms with Gasteiger partial charge in [-0.05, 0) is 44.5 Å². The summed E-state index contributed by atoms with van der Waals surface area (Å²) in [6, 6.07) is 2.02. The molecule has 108 valence electrons. The Morgan fingerprint density at radius 1 is 1.25 bits per heavy atom. The SMILES string of the molecule is Cc1ccnc2c1nc(CCCl)n2CCN1CCCC1. The molecule has 2 aromatic rings. The molecule has 0 bridgehead atoms. The highest BCUT2D eigenvalue weighted by Gasteiger charge is 2.16. The predicted octanol–water partition coefficient (Wildman–Crippen LogP) is 2.62. The standard InChI is InChI=1S/C15H21ClN4/c1-12-5-7-17-15-14(12)18-13(4-6-16)20(15)11-10-19-8-2-3-9-19/h5,7H,2-4,6,8-11H2,1H3. The second-order valence-corrected chi connectivity index (χ2v) is 5.85. The summed E-state index contributed by atoms with van der Waals surface area (Å²) in [6.45, 7) is 6.58. The van der Waals surface area contributed by atoms with Gasteiger partial charge in [0.1, 0.15) is 11.3 Å². The van der Waals surface area contributed by atoms with Crippen molar-refractivity contribution in [3.8, 4) is 0 Å². The maximum absolute atomic E-state index is 5.92. The van der Waals surface area contributed by atoms with Gasteiger partial charge >= 0.3 is 0 Å². The van der Waals surface area contributed by atoms with Crippen molar-refractivity contribution in [2.24, 2.45) is 0 Å². The molecule has 0 aromatic carbocycles. The van der Waals surface area contributed by atoms with E-state index in [2.05, 4.69) is 21.4 Å². The van der Waals surface area contributed by atoms with Crippen molar-refractivity contribution >= 4 is 22.8 Å². The largest absolute Gasteiger partial charge is 0.311 e. The predicted molar refractivity (Wildman–Crippen MR) is 82.4 cm³/mol. The molecule has 0 spiro atoms. The second-order valence-electron chi connectivity index (χ2n) is 5.47. The zero-order valence-electron chi connectivity index (χ0n) is 12.0. The number of fused-ring (bicyclic) bond motifs is 1. The summed E-state index contributed by atoms with van der Waals surface area (Å²) in [6.07, 6.45) is 5.33. The molecule has 2 aromatic heterocycles. The van der Waals surface area contributed by atoms with E-state index in [9.17, 15) is 0 Å². The van der Waals surface area contributed by atoms with Gasteiger partial charge in [0.15, 0.2) is 5.65 Å². The molecule has 4 nitrogen and oxygen atoms in total. The van der Waals surface area contributed by atoms with Gasteiger partial charge in [0.05, 0.1) is 0 Å². The maximum atomic E-state index is 5.92. The van der Waals surface area contributed by atoms with Gasteiger partial charge in [0.2, 0.25) is 0 Å². The summed E-state index contributed by atoms with van der Waals surface area (Å²) < 4.78 is 2.25. The molecule has 0 unspecified atom stereocenters. The highest BCUT2D eigenvalue weighted by Crippen LogP contribution is 2.18. The zero-order valence-corrected chi connectivity index (χ0v) is 12.7. The molecule has 1 aliphatic rings. The van der Waals surface area contributed by atoms with Crippen LogP contribution in [0.15, 0.2) is 12.3 Å². The molecule has 0 atom stereocenters. The minimum Gasteiger partial charge on any atom is -0.311 e. The molecule has 5 heteroatoms. The van der Waals surface area contributed by atoms with Crippen LogP contribution in [0.2, 0.25) is 0 Å². The quantitative estimate of drug-likeness (QED) is 0.795. The number of hydrogen-bond donors (Lipinski definition) is 0. The van der Waals surface area contributed by atoms with Crippen LogP contribution in [0.1, 0.15) is 24.2 Å². The third kappa shape index (κ3) is 2.67. The van der Waals surface area contributed by atoms with Gasteiger partial charge in [-0.1, -0.05) is 0 Å². The van der Waals surface area contributed by atoms with Crippen LogP contribution < -0.4 is 0 Å². The molecular formula is C15H21ClN4. The van der Waals surface area contributed by atoms with E-state index in [1.807, 2.05) is 12.3 Å². The molecule has 1 saturated heterocycles. The molecule has 0 aliphatic carbocycles. The summed E-state index contributed by atoms with van der Waals surface area (Å²) in [5, 5.41) is 0. The third-order valence-corrected chi connectivity index (χ3v) is 4.26. The lowest BCUT2D eigenvalue weighted by atomic mass is 10.3. The molecule has 20 heavy (non-hydrogen) atoms. The fourth-order valence-electron chi connectivity index (χ4n) is 2.94. The van der Waals surface area contributed by atoms with Crippen LogP contribution in [-0.4, -0.2) is 44.9 Å². The third-order valence-electron chi connectivity index (χ3n) is 4.07. The maximum Gasteiger partial charge on any atom is 0.160 e. The van der Waals surface area contributed by atoms with E-state index in [4.69, 9.17) is 16.6 Å². The van der Waals surface area contributed by atoms with Gasteiger partial charge in [-0.3, -0.25) is 0 Å². The molecule has 3 rings (SSSR count). The van der Waals surface area contributed by atoms with Crippen molar-refractivity contribution in [1.82, 2.24) is 19.4 Å². The Hall–Kier alpha value is -1.13. The lowest BCUT2D eigenvalue weighted by molar-refractivity contribution is 0.322. The van der Waals surface area contributed by atoms with E-state index in [-0.39, 0.29) is 0 Å². The van der Waals surface area contributed by atoms with Crippen molar-refractivity contribution in [1.29, 1.82) is 0 Å². The Morgan fingerprint density at radius 2 is 2.05 bits per heavy atom. The van der Waals surface area contributed by atoms with Crippen molar-refractivity contribution < 1.29 is 0 Å². The summed E-state index contributed by atoms with van der Waals surface area (Å²) >= 11 is 5.92. The van der Waals surface area contributed by atoms with Crippen LogP contribution in [0.4, 0.5) is 0 Å². The smallest absolute Gasteiger partial charge is 0.160 e. The minimum absolute atomic E-state index is 0.603. The number of hydrogen-bond acceptors (Lipinski definition) is 3. The van der Waals surface area contributed by atoms with Crippen LogP contribution >= 0.6 is 11.6 Å². The van der Waals surface area contributed by atoms with E-state index in [1.165, 1.54) is 31.5 Å². The average molecular weight is 293 g/mol. The summed E-state index contributed by atoms with van der Waals surface area (Å²) in [5.74, 6) is 1.67. The molecule has 0 saturated carbocycles. The summed E-state index contributed by atoms with van der Waals surface area (Å²) in [5.41, 5.74) is 3.21. The van der Waals surface area contributed by atoms with E-state index in [0.29, 0.717) is 5.88 Å². The van der Waals surface area contributed by atoms with E-state index in [1.54, 1.807) is 0 Å². The van der Waals surface area contributed by atoms with Crippen LogP contribution in [0, 0.1) is 6.92 Å². The molecular weight excluding hydrogens is 272 g/mol. The lowest BCUT2D eigenvalue weighted by Crippen LogP contribution is -2.25. The average Bonchev–Trinajstić information content (AvgIpc) is 3.05. The van der Waals surface area contributed by atoms with Crippen molar-refractivity contribution in [2.45, 2.75) is 32.7 Å². The molecule has 1 aliphatic heterocycles. The minimum atomic E-state index is 0.603. The van der Waals surface area contributed by atoms with Crippen LogP contribution in [0.5, 0.6) is 0 Å². The molecule has 0 radical (unpaired) electrons. The van der Waals surface area contributed by atoms with Gasteiger partial charge in [-0.2, -0.15) is 0 Å². The lowest BCUT2D eigenvalue weighted by Gasteiger charge is -2.16. The second kappa shape index (κ2) is 6.10. The van der Waals surface area contributed by atoms with Gasteiger partial charge in [0, 0.05) is 31.6 Å². The monoisotopic (exact) mass is 292 g/mol. The number of aryl methyl sites for hydroxylation is 2. The number of likely N-dealkylation sites (tertiary alicyclic amines) is 1. The first-order valence-corrected chi connectivity index (χ1v) is 7.92. The first-order valence-electron chi connectivity index (χ1n) is 7.38. The van der Waals surface area contributed by atoms with Crippen LogP contribution in [-0.2, 0) is 13.0 Å². The van der Waals surface area contributed by atoms with Crippen molar-refractivity contribution in [3.63, 3.8) is 0 Å². The fourth-order valence-corrected chi connectivity index (χ4v) is 3.11. The summed E-state index contributed by atoms with van der Waals surface area (Å²) in [7, 11) is 0. The number of aromatic nitrogens is 3. The zero-order chi connectivity index (χ0) is 13.9. The Morgan fingerprint density at radius 3 is 2.80 bits per heavy atom. The Kier molecular flexibility index (Phi) is 4.22. The fraction of sp³-hybridized carbons (Fsp3) is 0.600. The van der Waals surface area contributed by atoms with Gasteiger partial charge in [-0.25, -0.2) is 9.97 Å². The van der Waals surface area contributed by atoms with Gasteiger partial charge in [0.25, 0.3) is 0 Å². The van der Waals surface area contributed by atoms with Gasteiger partial charge < -0.3 is 9.47 Å². The van der Waals surface area contributed by atoms with E-state index in [0.717, 1.165) is 36.5 Å². The summed E-state index contributed by atoms with van der Waals surface area (Å²) in [4.78, 5) is 11.8. The Balaban J connectivity index is 1.89. The first-order chi connectivity index (χ1) is 9.79. The van der Waals surface area contributed by atoms with E-state index < -0.39 is 0 Å². The number of halogens is 1. The molecule has 1 fully saturated rings. The number of imidazole rings is 1. The number of pyridine rings is 1. The van der Waals surface area contributed by atoms with Crippen molar-refractivity contribution in [3.05, 3.63) is 23.7 Å². The van der Waals surface area contributed by atoms with Crippen LogP contribution in [0.3, 0.4) is 0 Å². The topological polar surface area (TPSA) is 34.0 Å². The highest BCUT2D eigenvalue weighted by molar-refractivity contribution is 6.17. The molecule has 0 N–H and O–H groups in total. The number of nitrogens with zero attached hydrogens (tertiary/aromatic N) is 4. The van der Waals surface area contributed by atoms with Crippen LogP contribution in [0.25, 0.3) is 11.2 Å². The Bertz CT molecular complexity index is 587. The van der Waals surface area contributed by atoms with Crippen molar-refractivity contribution in [2.75, 3.05) is 25.5 Å². The number of rotatable bonds is 5. The molecule has 0 amide bonds. The Labute approximate surface area is 124 Å². The van der Waals surface area contributed by atoms with E-state index >= 15 is 0 Å². The highest BCUT2D eigenvalue weighted by atomic mass is 35.5. The first kappa shape index (κ1) is 13.8. The van der Waals surface area contributed by atoms with Gasteiger partial charge in [-0.15, -0.1) is 11.6 Å². The molecule has 3 heterocycles. The number of alkyl halides is 1.